The summed E-state index contributed by atoms with van der Waals surface area (Å²) in [5.74, 6) is 0. The van der Waals surface area contributed by atoms with E-state index in [-0.39, 0.29) is 25.5 Å². The average molecular weight is 333 g/mol. The minimum absolute atomic E-state index is 0. The van der Waals surface area contributed by atoms with E-state index < -0.39 is 32.8 Å². The zero-order valence-corrected chi connectivity index (χ0v) is 11.9. The Morgan fingerprint density at radius 1 is 1.23 bits per heavy atom. The summed E-state index contributed by atoms with van der Waals surface area (Å²) in [6.45, 7) is 1.92. The molecule has 0 radical (unpaired) electrons. The van der Waals surface area contributed by atoms with E-state index in [1.807, 2.05) is 6.92 Å². The molecule has 0 spiro atoms. The van der Waals surface area contributed by atoms with Crippen LogP contribution >= 0.6 is 0 Å². The zero-order chi connectivity index (χ0) is 16.1. The zero-order valence-electron chi connectivity index (χ0n) is 11.1. The summed E-state index contributed by atoms with van der Waals surface area (Å²) in [6, 6.07) is 2.78. The van der Waals surface area contributed by atoms with Crippen molar-refractivity contribution in [2.45, 2.75) is 30.8 Å². The second-order valence-corrected chi connectivity index (χ2v) is 5.80. The van der Waals surface area contributed by atoms with E-state index in [1.165, 1.54) is 0 Å². The number of carbonyl (C=O) groups excluding carboxylic acids is 1. The Kier molecular flexibility index (Phi) is 8.01. The van der Waals surface area contributed by atoms with Gasteiger partial charge in [-0.25, -0.2) is 17.9 Å². The summed E-state index contributed by atoms with van der Waals surface area (Å²) in [5, 5.41) is 0. The van der Waals surface area contributed by atoms with Crippen molar-refractivity contribution in [3.63, 3.8) is 0 Å². The molecule has 0 bridgehead atoms. The summed E-state index contributed by atoms with van der Waals surface area (Å²) in [5.41, 5.74) is -0.980. The van der Waals surface area contributed by atoms with Gasteiger partial charge >= 0.3 is 31.1 Å². The van der Waals surface area contributed by atoms with Crippen LogP contribution in [0.2, 0.25) is 0 Å². The number of hydrogen-bond acceptors (Lipinski definition) is 4. The first-order valence-electron chi connectivity index (χ1n) is 6.03. The Morgan fingerprint density at radius 3 is 2.23 bits per heavy atom. The second-order valence-electron chi connectivity index (χ2n) is 4.12. The summed E-state index contributed by atoms with van der Waals surface area (Å²) >= 11 is 0. The van der Waals surface area contributed by atoms with Crippen LogP contribution in [-0.2, 0) is 20.9 Å². The van der Waals surface area contributed by atoms with Gasteiger partial charge in [0.25, 0.3) is 10.0 Å². The maximum absolute atomic E-state index is 12.4. The van der Waals surface area contributed by atoms with Crippen LogP contribution in [0.25, 0.3) is 0 Å². The van der Waals surface area contributed by atoms with Crippen LogP contribution in [-0.4, -0.2) is 40.0 Å². The van der Waals surface area contributed by atoms with Crippen molar-refractivity contribution in [1.82, 2.24) is 4.72 Å². The van der Waals surface area contributed by atoms with Gasteiger partial charge in [-0.15, -0.1) is 0 Å². The second kappa shape index (κ2) is 8.46. The molecule has 1 N–H and O–H groups in total. The topological polar surface area (TPSA) is 72.5 Å². The normalized spacial score (nSPS) is 11.5. The van der Waals surface area contributed by atoms with Gasteiger partial charge in [0.1, 0.15) is 0 Å². The first-order valence-corrected chi connectivity index (χ1v) is 7.52. The molecular formula is C12H15F3LiNO4S. The molecule has 120 valence electrons. The van der Waals surface area contributed by atoms with Crippen LogP contribution in [0.4, 0.5) is 18.0 Å². The number of amides is 1. The third-order valence-corrected chi connectivity index (χ3v) is 3.77. The van der Waals surface area contributed by atoms with E-state index in [9.17, 15) is 26.4 Å². The Hall–Kier alpha value is -1.17. The number of sulfonamides is 1. The van der Waals surface area contributed by atoms with Crippen molar-refractivity contribution in [2.24, 2.45) is 0 Å². The molecule has 22 heavy (non-hydrogen) atoms. The van der Waals surface area contributed by atoms with Crippen molar-refractivity contribution in [1.29, 1.82) is 0 Å². The molecule has 1 aromatic rings. The van der Waals surface area contributed by atoms with Crippen molar-refractivity contribution in [2.75, 3.05) is 6.61 Å². The number of ether oxygens (including phenoxy) is 1. The predicted molar refractivity (Wildman–Crippen MR) is 75.2 cm³/mol. The fraction of sp³-hybridized carbons (Fsp3) is 0.417. The molecule has 1 amide bonds. The minimum atomic E-state index is -4.56. The number of hydrogen-bond donors (Lipinski definition) is 1. The molecule has 1 rings (SSSR count). The SMILES string of the molecule is CCCCOC(=O)NS(=O)(=O)c1ccc(C(F)(F)F)cc1.[LiH]. The molecule has 0 saturated heterocycles. The molecule has 10 heteroatoms. The maximum atomic E-state index is 12.4. The van der Waals surface area contributed by atoms with Crippen LogP contribution in [0.15, 0.2) is 29.2 Å². The molecule has 0 saturated carbocycles. The molecule has 0 fully saturated rings. The Labute approximate surface area is 138 Å². The van der Waals surface area contributed by atoms with Crippen LogP contribution in [0, 0.1) is 0 Å². The fourth-order valence-electron chi connectivity index (χ4n) is 1.33. The molecule has 0 unspecified atom stereocenters. The van der Waals surface area contributed by atoms with Crippen molar-refractivity contribution in [3.05, 3.63) is 29.8 Å². The number of unbranched alkanes of at least 4 members (excludes halogenated alkanes) is 1. The van der Waals surface area contributed by atoms with Gasteiger partial charge in [-0.1, -0.05) is 13.3 Å². The van der Waals surface area contributed by atoms with E-state index in [0.717, 1.165) is 18.6 Å². The number of halogens is 3. The molecule has 0 aliphatic carbocycles. The molecule has 1 aromatic carbocycles. The first kappa shape index (κ1) is 20.8. The summed E-state index contributed by atoms with van der Waals surface area (Å²) < 4.78 is 66.8. The Morgan fingerprint density at radius 2 is 1.77 bits per heavy atom. The monoisotopic (exact) mass is 333 g/mol. The van der Waals surface area contributed by atoms with Gasteiger partial charge in [-0.3, -0.25) is 0 Å². The molecule has 0 atom stereocenters. The van der Waals surface area contributed by atoms with Crippen molar-refractivity contribution in [3.8, 4) is 0 Å². The van der Waals surface area contributed by atoms with Gasteiger partial charge in [0.15, 0.2) is 0 Å². The van der Waals surface area contributed by atoms with E-state index in [1.54, 1.807) is 4.72 Å². The van der Waals surface area contributed by atoms with Crippen LogP contribution < -0.4 is 4.72 Å². The molecule has 5 nitrogen and oxygen atoms in total. The number of rotatable bonds is 5. The third-order valence-electron chi connectivity index (χ3n) is 2.44. The van der Waals surface area contributed by atoms with Crippen LogP contribution in [0.3, 0.4) is 0 Å². The molecule has 0 aliphatic rings. The number of benzene rings is 1. The standard InChI is InChI=1S/C12H14F3NO4S.Li.H/c1-2-3-8-20-11(17)16-21(18,19)10-6-4-9(5-7-10)12(13,14)15;;/h4-7H,2-3,8H2,1H3,(H,16,17);;. The van der Waals surface area contributed by atoms with Gasteiger partial charge in [0.05, 0.1) is 17.1 Å². The average Bonchev–Trinajstić information content (AvgIpc) is 2.37. The van der Waals surface area contributed by atoms with Gasteiger partial charge in [0.2, 0.25) is 0 Å². The van der Waals surface area contributed by atoms with E-state index in [2.05, 4.69) is 4.74 Å². The third kappa shape index (κ3) is 6.30. The molecular weight excluding hydrogens is 318 g/mol. The number of nitrogens with one attached hydrogen (secondary N) is 1. The van der Waals surface area contributed by atoms with Gasteiger partial charge in [-0.2, -0.15) is 13.2 Å². The van der Waals surface area contributed by atoms with Crippen LogP contribution in [0.1, 0.15) is 25.3 Å². The van der Waals surface area contributed by atoms with Gasteiger partial charge in [-0.05, 0) is 30.7 Å². The molecule has 0 heterocycles. The summed E-state index contributed by atoms with van der Waals surface area (Å²) in [6.07, 6.45) is -4.38. The van der Waals surface area contributed by atoms with Crippen LogP contribution in [0.5, 0.6) is 0 Å². The van der Waals surface area contributed by atoms with E-state index in [0.29, 0.717) is 18.6 Å². The number of alkyl halides is 3. The Balaban J connectivity index is 0.00000441. The van der Waals surface area contributed by atoms with E-state index >= 15 is 0 Å². The first-order chi connectivity index (χ1) is 9.66. The molecule has 0 aromatic heterocycles. The summed E-state index contributed by atoms with van der Waals surface area (Å²) in [4.78, 5) is 10.8. The predicted octanol–water partition coefficient (Wildman–Crippen LogP) is 2.27. The quantitative estimate of drug-likeness (QED) is 0.663. The molecule has 0 aliphatic heterocycles. The number of carbonyl (C=O) groups is 1. The Bertz CT molecular complexity index is 587. The summed E-state index contributed by atoms with van der Waals surface area (Å²) in [7, 11) is -4.25. The van der Waals surface area contributed by atoms with Crippen molar-refractivity contribution < 1.29 is 31.1 Å². The van der Waals surface area contributed by atoms with E-state index in [4.69, 9.17) is 0 Å². The van der Waals surface area contributed by atoms with Gasteiger partial charge < -0.3 is 4.74 Å². The fourth-order valence-corrected chi connectivity index (χ4v) is 2.22. The van der Waals surface area contributed by atoms with Gasteiger partial charge in [0, 0.05) is 0 Å². The van der Waals surface area contributed by atoms with Crippen molar-refractivity contribution >= 4 is 35.0 Å².